The van der Waals surface area contributed by atoms with E-state index in [2.05, 4.69) is 9.59 Å². The van der Waals surface area contributed by atoms with Crippen LogP contribution in [0.2, 0.25) is 0 Å². The van der Waals surface area contributed by atoms with Gasteiger partial charge in [-0.3, -0.25) is 9.59 Å². The average Bonchev–Trinajstić information content (AvgIpc) is 3.02. The lowest BCUT2D eigenvalue weighted by molar-refractivity contribution is -0.137. The molecule has 2 aromatic rings. The maximum Gasteiger partial charge on any atom is 0.305 e. The van der Waals surface area contributed by atoms with Crippen LogP contribution >= 0.6 is 11.5 Å². The number of benzene rings is 1. The van der Waals surface area contributed by atoms with Crippen molar-refractivity contribution in [2.24, 2.45) is 0 Å². The first kappa shape index (κ1) is 17.9. The summed E-state index contributed by atoms with van der Waals surface area (Å²) in [7, 11) is 0. The lowest BCUT2D eigenvalue weighted by Crippen LogP contribution is -2.32. The fourth-order valence-electron chi connectivity index (χ4n) is 2.09. The molecule has 0 aliphatic carbocycles. The summed E-state index contributed by atoms with van der Waals surface area (Å²) in [5, 5.41) is 12.7. The topological polar surface area (TPSA) is 83.4 Å². The van der Waals surface area contributed by atoms with Gasteiger partial charge >= 0.3 is 5.97 Å². The number of carboxylic acid groups (broad SMARTS) is 1. The van der Waals surface area contributed by atoms with Crippen LogP contribution in [0.25, 0.3) is 0 Å². The van der Waals surface area contributed by atoms with E-state index >= 15 is 0 Å². The monoisotopic (exact) mass is 355 g/mol. The molecular formula is C15H15F2N3O3S. The number of aryl methyl sites for hydroxylation is 1. The second kappa shape index (κ2) is 7.91. The molecule has 1 N–H and O–H groups in total. The minimum atomic E-state index is -1.06. The van der Waals surface area contributed by atoms with Gasteiger partial charge in [0.25, 0.3) is 5.91 Å². The van der Waals surface area contributed by atoms with Crippen LogP contribution in [0.1, 0.15) is 34.3 Å². The van der Waals surface area contributed by atoms with E-state index in [1.807, 2.05) is 6.92 Å². The molecule has 128 valence electrons. The van der Waals surface area contributed by atoms with Gasteiger partial charge < -0.3 is 10.0 Å². The third-order valence-electron chi connectivity index (χ3n) is 3.33. The van der Waals surface area contributed by atoms with Crippen molar-refractivity contribution in [1.29, 1.82) is 0 Å². The van der Waals surface area contributed by atoms with Gasteiger partial charge in [0.1, 0.15) is 4.88 Å². The molecule has 0 radical (unpaired) electrons. The van der Waals surface area contributed by atoms with Crippen molar-refractivity contribution >= 4 is 23.4 Å². The molecule has 0 atom stereocenters. The molecule has 9 heteroatoms. The van der Waals surface area contributed by atoms with Crippen molar-refractivity contribution in [3.8, 4) is 0 Å². The lowest BCUT2D eigenvalue weighted by Gasteiger charge is -2.21. The number of aromatic nitrogens is 2. The number of halogens is 2. The number of carbonyl (C=O) groups excluding carboxylic acids is 1. The second-order valence-electron chi connectivity index (χ2n) is 5.02. The quantitative estimate of drug-likeness (QED) is 0.825. The van der Waals surface area contributed by atoms with Crippen LogP contribution in [0.5, 0.6) is 0 Å². The highest BCUT2D eigenvalue weighted by atomic mass is 32.1. The summed E-state index contributed by atoms with van der Waals surface area (Å²) in [5.41, 5.74) is 0.888. The van der Waals surface area contributed by atoms with E-state index in [4.69, 9.17) is 5.11 Å². The number of aliphatic carboxylic acids is 1. The molecule has 0 aliphatic rings. The number of hydrogen-bond acceptors (Lipinski definition) is 5. The Balaban J connectivity index is 2.24. The van der Waals surface area contributed by atoms with Crippen molar-refractivity contribution in [3.63, 3.8) is 0 Å². The highest BCUT2D eigenvalue weighted by Gasteiger charge is 2.23. The Morgan fingerprint density at radius 3 is 2.67 bits per heavy atom. The largest absolute Gasteiger partial charge is 0.481 e. The third kappa shape index (κ3) is 4.31. The smallest absolute Gasteiger partial charge is 0.305 e. The van der Waals surface area contributed by atoms with Crippen molar-refractivity contribution in [2.75, 3.05) is 6.54 Å². The van der Waals surface area contributed by atoms with Gasteiger partial charge in [0, 0.05) is 13.1 Å². The van der Waals surface area contributed by atoms with Crippen LogP contribution in [0.4, 0.5) is 8.78 Å². The predicted molar refractivity (Wildman–Crippen MR) is 82.6 cm³/mol. The Morgan fingerprint density at radius 2 is 2.04 bits per heavy atom. The number of rotatable bonds is 7. The van der Waals surface area contributed by atoms with E-state index in [9.17, 15) is 18.4 Å². The molecule has 0 fully saturated rings. The lowest BCUT2D eigenvalue weighted by atomic mass is 10.2. The standard InChI is InChI=1S/C15H15F2N3O3S/c1-2-12-14(24-19-18-12)15(23)20(6-5-13(21)22)8-9-3-4-10(16)11(17)7-9/h3-4,7H,2,5-6,8H2,1H3,(H,21,22). The Morgan fingerprint density at radius 1 is 1.29 bits per heavy atom. The number of carboxylic acids is 1. The summed E-state index contributed by atoms with van der Waals surface area (Å²) in [6.45, 7) is 1.73. The van der Waals surface area contributed by atoms with Gasteiger partial charge in [0.15, 0.2) is 11.6 Å². The molecule has 24 heavy (non-hydrogen) atoms. The van der Waals surface area contributed by atoms with Crippen molar-refractivity contribution in [2.45, 2.75) is 26.3 Å². The fourth-order valence-corrected chi connectivity index (χ4v) is 2.81. The Bertz CT molecular complexity index is 751. The molecule has 1 aromatic carbocycles. The molecule has 0 spiro atoms. The predicted octanol–water partition coefficient (Wildman–Crippen LogP) is 2.50. The SMILES string of the molecule is CCc1nnsc1C(=O)N(CCC(=O)O)Cc1ccc(F)c(F)c1. The Kier molecular flexibility index (Phi) is 5.91. The zero-order valence-corrected chi connectivity index (χ0v) is 13.6. The fraction of sp³-hybridized carbons (Fsp3) is 0.333. The van der Waals surface area contributed by atoms with Crippen LogP contribution in [0.15, 0.2) is 18.2 Å². The summed E-state index contributed by atoms with van der Waals surface area (Å²) in [6, 6.07) is 3.31. The number of amides is 1. The van der Waals surface area contributed by atoms with E-state index < -0.39 is 23.5 Å². The first-order valence-electron chi connectivity index (χ1n) is 7.18. The highest BCUT2D eigenvalue weighted by Crippen LogP contribution is 2.18. The maximum atomic E-state index is 13.3. The van der Waals surface area contributed by atoms with E-state index in [1.54, 1.807) is 0 Å². The molecule has 0 unspecified atom stereocenters. The zero-order valence-electron chi connectivity index (χ0n) is 12.8. The average molecular weight is 355 g/mol. The van der Waals surface area contributed by atoms with E-state index in [0.717, 1.165) is 23.7 Å². The minimum Gasteiger partial charge on any atom is -0.481 e. The molecule has 0 saturated carbocycles. The highest BCUT2D eigenvalue weighted by molar-refractivity contribution is 7.08. The minimum absolute atomic E-state index is 0.0373. The van der Waals surface area contributed by atoms with Crippen molar-refractivity contribution in [3.05, 3.63) is 46.0 Å². The first-order valence-corrected chi connectivity index (χ1v) is 7.96. The zero-order chi connectivity index (χ0) is 17.7. The third-order valence-corrected chi connectivity index (χ3v) is 4.08. The maximum absolute atomic E-state index is 13.3. The summed E-state index contributed by atoms with van der Waals surface area (Å²) in [5.74, 6) is -3.49. The van der Waals surface area contributed by atoms with Crippen LogP contribution in [0, 0.1) is 11.6 Å². The molecule has 2 rings (SSSR count). The van der Waals surface area contributed by atoms with Gasteiger partial charge in [-0.1, -0.05) is 17.5 Å². The van der Waals surface area contributed by atoms with Gasteiger partial charge in [-0.05, 0) is 35.6 Å². The summed E-state index contributed by atoms with van der Waals surface area (Å²) >= 11 is 0.927. The molecule has 0 saturated heterocycles. The summed E-state index contributed by atoms with van der Waals surface area (Å²) in [6.07, 6.45) is 0.249. The molecule has 1 heterocycles. The van der Waals surface area contributed by atoms with Gasteiger partial charge in [-0.2, -0.15) is 0 Å². The molecule has 0 bridgehead atoms. The molecule has 0 aliphatic heterocycles. The van der Waals surface area contributed by atoms with Crippen LogP contribution in [-0.4, -0.2) is 38.0 Å². The Hall–Kier alpha value is -2.42. The molecular weight excluding hydrogens is 340 g/mol. The molecule has 6 nitrogen and oxygen atoms in total. The van der Waals surface area contributed by atoms with Gasteiger partial charge in [0.05, 0.1) is 12.1 Å². The second-order valence-corrected chi connectivity index (χ2v) is 5.78. The first-order chi connectivity index (χ1) is 11.4. The number of nitrogens with zero attached hydrogens (tertiary/aromatic N) is 3. The van der Waals surface area contributed by atoms with Crippen LogP contribution in [0.3, 0.4) is 0 Å². The van der Waals surface area contributed by atoms with Crippen molar-refractivity contribution < 1.29 is 23.5 Å². The van der Waals surface area contributed by atoms with E-state index in [-0.39, 0.29) is 19.5 Å². The summed E-state index contributed by atoms with van der Waals surface area (Å²) < 4.78 is 30.1. The normalized spacial score (nSPS) is 10.6. The molecule has 1 aromatic heterocycles. The van der Waals surface area contributed by atoms with Crippen LogP contribution in [-0.2, 0) is 17.8 Å². The van der Waals surface area contributed by atoms with E-state index in [0.29, 0.717) is 22.6 Å². The Labute approximate surface area is 140 Å². The van der Waals surface area contributed by atoms with E-state index in [1.165, 1.54) is 11.0 Å². The van der Waals surface area contributed by atoms with Gasteiger partial charge in [0.2, 0.25) is 0 Å². The number of hydrogen-bond donors (Lipinski definition) is 1. The molecule has 1 amide bonds. The van der Waals surface area contributed by atoms with Gasteiger partial charge in [-0.25, -0.2) is 8.78 Å². The van der Waals surface area contributed by atoms with Crippen molar-refractivity contribution in [1.82, 2.24) is 14.5 Å². The van der Waals surface area contributed by atoms with Gasteiger partial charge in [-0.15, -0.1) is 5.10 Å². The van der Waals surface area contributed by atoms with Crippen LogP contribution < -0.4 is 0 Å². The summed E-state index contributed by atoms with van der Waals surface area (Å²) in [4.78, 5) is 25.1. The number of carbonyl (C=O) groups is 2.